The van der Waals surface area contributed by atoms with Crippen molar-refractivity contribution in [3.63, 3.8) is 0 Å². The normalized spacial score (nSPS) is 10.6. The third kappa shape index (κ3) is 2.35. The molecule has 0 spiro atoms. The van der Waals surface area contributed by atoms with Crippen molar-refractivity contribution in [1.29, 1.82) is 0 Å². The Morgan fingerprint density at radius 1 is 1.50 bits per heavy atom. The van der Waals surface area contributed by atoms with Crippen LogP contribution in [-0.2, 0) is 6.54 Å². The predicted octanol–water partition coefficient (Wildman–Crippen LogP) is 1.67. The monoisotopic (exact) mass is 248 g/mol. The number of nitrogens with zero attached hydrogens (tertiary/aromatic N) is 3. The lowest BCUT2D eigenvalue weighted by atomic mass is 10.1. The quantitative estimate of drug-likeness (QED) is 0.653. The zero-order valence-corrected chi connectivity index (χ0v) is 10.0. The first-order valence-corrected chi connectivity index (χ1v) is 5.34. The Balaban J connectivity index is 2.33. The Bertz CT molecular complexity index is 579. The first-order valence-electron chi connectivity index (χ1n) is 5.34. The van der Waals surface area contributed by atoms with E-state index in [1.807, 2.05) is 0 Å². The molecule has 2 rings (SSSR count). The number of rotatable bonds is 4. The number of aryl methyl sites for hydroxylation is 1. The molecule has 0 aliphatic rings. The van der Waals surface area contributed by atoms with Gasteiger partial charge in [0, 0.05) is 17.2 Å². The molecule has 7 nitrogen and oxygen atoms in total. The van der Waals surface area contributed by atoms with E-state index in [0.717, 1.165) is 0 Å². The molecule has 1 N–H and O–H groups in total. The molecule has 0 fully saturated rings. The highest BCUT2D eigenvalue weighted by molar-refractivity contribution is 5.58. The summed E-state index contributed by atoms with van der Waals surface area (Å²) in [4.78, 5) is 14.5. The molecule has 0 saturated carbocycles. The number of benzene rings is 1. The number of hydrogen-bond donors (Lipinski definition) is 1. The molecule has 1 aromatic carbocycles. The van der Waals surface area contributed by atoms with E-state index < -0.39 is 4.92 Å². The highest BCUT2D eigenvalue weighted by atomic mass is 16.6. The van der Waals surface area contributed by atoms with Crippen LogP contribution < -0.4 is 5.32 Å². The number of nitro groups is 1. The number of nitrogens with one attached hydrogen (secondary N) is 1. The van der Waals surface area contributed by atoms with Crippen LogP contribution in [0.1, 0.15) is 11.4 Å². The fourth-order valence-electron chi connectivity index (χ4n) is 1.59. The average Bonchev–Trinajstić information content (AvgIpc) is 2.77. The summed E-state index contributed by atoms with van der Waals surface area (Å²) in [6.07, 6.45) is 0. The van der Waals surface area contributed by atoms with Crippen LogP contribution in [0.3, 0.4) is 0 Å². The first-order chi connectivity index (χ1) is 8.61. The molecule has 0 aliphatic carbocycles. The fraction of sp³-hybridized carbons (Fsp3) is 0.273. The third-order valence-corrected chi connectivity index (χ3v) is 2.44. The van der Waals surface area contributed by atoms with Gasteiger partial charge in [0.15, 0.2) is 5.82 Å². The minimum Gasteiger partial charge on any atom is -0.334 e. The summed E-state index contributed by atoms with van der Waals surface area (Å²) >= 11 is 0. The summed E-state index contributed by atoms with van der Waals surface area (Å²) in [5.41, 5.74) is 1.31. The zero-order valence-electron chi connectivity index (χ0n) is 10.0. The van der Waals surface area contributed by atoms with E-state index in [1.54, 1.807) is 26.1 Å². The van der Waals surface area contributed by atoms with Crippen LogP contribution in [0.25, 0.3) is 11.5 Å². The molecule has 0 radical (unpaired) electrons. The molecule has 1 heterocycles. The third-order valence-electron chi connectivity index (χ3n) is 2.44. The molecule has 94 valence electrons. The van der Waals surface area contributed by atoms with Crippen molar-refractivity contribution < 1.29 is 9.45 Å². The van der Waals surface area contributed by atoms with Crippen LogP contribution in [0.15, 0.2) is 22.7 Å². The van der Waals surface area contributed by atoms with Crippen molar-refractivity contribution in [3.05, 3.63) is 39.7 Å². The predicted molar refractivity (Wildman–Crippen MR) is 63.9 cm³/mol. The Kier molecular flexibility index (Phi) is 3.33. The Morgan fingerprint density at radius 2 is 2.28 bits per heavy atom. The number of nitro benzene ring substituents is 1. The van der Waals surface area contributed by atoms with Gasteiger partial charge in [0.1, 0.15) is 0 Å². The molecule has 0 unspecified atom stereocenters. The molecule has 0 bridgehead atoms. The molecule has 0 amide bonds. The smallest absolute Gasteiger partial charge is 0.272 e. The zero-order chi connectivity index (χ0) is 13.1. The summed E-state index contributed by atoms with van der Waals surface area (Å²) < 4.78 is 5.09. The maximum Gasteiger partial charge on any atom is 0.272 e. The summed E-state index contributed by atoms with van der Waals surface area (Å²) in [6.45, 7) is 2.18. The van der Waals surface area contributed by atoms with E-state index in [4.69, 9.17) is 4.52 Å². The standard InChI is InChI=1S/C11H12N4O3/c1-7-5-8(3-4-9(7)15(16)17)11-13-10(6-12-2)14-18-11/h3-5,12H,6H2,1-2H3. The van der Waals surface area contributed by atoms with E-state index in [9.17, 15) is 10.1 Å². The van der Waals surface area contributed by atoms with Crippen LogP contribution in [-0.4, -0.2) is 22.1 Å². The van der Waals surface area contributed by atoms with Crippen molar-refractivity contribution in [2.45, 2.75) is 13.5 Å². The molecule has 0 aliphatic heterocycles. The molecule has 0 atom stereocenters. The molecule has 1 aromatic heterocycles. The lowest BCUT2D eigenvalue weighted by Crippen LogP contribution is -2.06. The largest absolute Gasteiger partial charge is 0.334 e. The molecule has 18 heavy (non-hydrogen) atoms. The highest BCUT2D eigenvalue weighted by Gasteiger charge is 2.14. The van der Waals surface area contributed by atoms with Crippen LogP contribution in [0.2, 0.25) is 0 Å². The van der Waals surface area contributed by atoms with E-state index >= 15 is 0 Å². The molecular formula is C11H12N4O3. The van der Waals surface area contributed by atoms with Crippen molar-refractivity contribution >= 4 is 5.69 Å². The molecular weight excluding hydrogens is 236 g/mol. The SMILES string of the molecule is CNCc1noc(-c2ccc([N+](=O)[O-])c(C)c2)n1. The maximum atomic E-state index is 10.7. The average molecular weight is 248 g/mol. The van der Waals surface area contributed by atoms with Crippen LogP contribution >= 0.6 is 0 Å². The summed E-state index contributed by atoms with van der Waals surface area (Å²) in [7, 11) is 1.78. The topological polar surface area (TPSA) is 94.1 Å². The molecule has 2 aromatic rings. The van der Waals surface area contributed by atoms with E-state index in [-0.39, 0.29) is 5.69 Å². The van der Waals surface area contributed by atoms with Gasteiger partial charge in [-0.25, -0.2) is 0 Å². The Hall–Kier alpha value is -2.28. The fourth-order valence-corrected chi connectivity index (χ4v) is 1.59. The Morgan fingerprint density at radius 3 is 2.89 bits per heavy atom. The van der Waals surface area contributed by atoms with Gasteiger partial charge in [-0.1, -0.05) is 5.16 Å². The van der Waals surface area contributed by atoms with E-state index in [0.29, 0.717) is 29.4 Å². The lowest BCUT2D eigenvalue weighted by molar-refractivity contribution is -0.385. The second kappa shape index (κ2) is 4.92. The van der Waals surface area contributed by atoms with Gasteiger partial charge >= 0.3 is 0 Å². The number of hydrogen-bond acceptors (Lipinski definition) is 6. The summed E-state index contributed by atoms with van der Waals surface area (Å²) in [5.74, 6) is 0.904. The van der Waals surface area contributed by atoms with Crippen molar-refractivity contribution in [3.8, 4) is 11.5 Å². The van der Waals surface area contributed by atoms with Crippen molar-refractivity contribution in [2.24, 2.45) is 0 Å². The van der Waals surface area contributed by atoms with Gasteiger partial charge in [-0.2, -0.15) is 4.98 Å². The van der Waals surface area contributed by atoms with Gasteiger partial charge in [-0.05, 0) is 26.1 Å². The second-order valence-electron chi connectivity index (χ2n) is 3.80. The van der Waals surface area contributed by atoms with E-state index in [1.165, 1.54) is 6.07 Å². The minimum absolute atomic E-state index is 0.0775. The van der Waals surface area contributed by atoms with Gasteiger partial charge in [0.05, 0.1) is 11.5 Å². The van der Waals surface area contributed by atoms with Gasteiger partial charge in [0.25, 0.3) is 11.6 Å². The van der Waals surface area contributed by atoms with Gasteiger partial charge < -0.3 is 9.84 Å². The maximum absolute atomic E-state index is 10.7. The second-order valence-corrected chi connectivity index (χ2v) is 3.80. The van der Waals surface area contributed by atoms with Gasteiger partial charge in [-0.15, -0.1) is 0 Å². The first kappa shape index (κ1) is 12.2. The minimum atomic E-state index is -0.417. The number of aromatic nitrogens is 2. The van der Waals surface area contributed by atoms with Gasteiger partial charge in [-0.3, -0.25) is 10.1 Å². The van der Waals surface area contributed by atoms with Crippen LogP contribution in [0, 0.1) is 17.0 Å². The van der Waals surface area contributed by atoms with Crippen molar-refractivity contribution in [1.82, 2.24) is 15.5 Å². The van der Waals surface area contributed by atoms with E-state index in [2.05, 4.69) is 15.5 Å². The highest BCUT2D eigenvalue weighted by Crippen LogP contribution is 2.24. The lowest BCUT2D eigenvalue weighted by Gasteiger charge is -1.98. The van der Waals surface area contributed by atoms with Crippen LogP contribution in [0.4, 0.5) is 5.69 Å². The Labute approximate surface area is 103 Å². The summed E-state index contributed by atoms with van der Waals surface area (Å²) in [5, 5.41) is 17.4. The van der Waals surface area contributed by atoms with Crippen LogP contribution in [0.5, 0.6) is 0 Å². The molecule has 7 heteroatoms. The molecule has 0 saturated heterocycles. The summed E-state index contributed by atoms with van der Waals surface area (Å²) in [6, 6.07) is 4.70. The van der Waals surface area contributed by atoms with Gasteiger partial charge in [0.2, 0.25) is 0 Å². The van der Waals surface area contributed by atoms with Crippen molar-refractivity contribution in [2.75, 3.05) is 7.05 Å².